The van der Waals surface area contributed by atoms with Crippen LogP contribution in [0.5, 0.6) is 0 Å². The number of benzene rings is 1. The van der Waals surface area contributed by atoms with Crippen molar-refractivity contribution < 1.29 is 9.53 Å². The Bertz CT molecular complexity index is 375. The Kier molecular flexibility index (Phi) is 5.81. The lowest BCUT2D eigenvalue weighted by atomic mass is 9.98. The molecule has 1 rings (SSSR count). The number of carbonyl (C=O) groups excluding carboxylic acids is 1. The van der Waals surface area contributed by atoms with Crippen molar-refractivity contribution in [2.45, 2.75) is 39.0 Å². The molecule has 0 spiro atoms. The van der Waals surface area contributed by atoms with Crippen LogP contribution in [0.25, 0.3) is 0 Å². The summed E-state index contributed by atoms with van der Waals surface area (Å²) in [5.41, 5.74) is 1.04. The lowest BCUT2D eigenvalue weighted by molar-refractivity contribution is -0.148. The first-order chi connectivity index (χ1) is 8.48. The molecule has 2 atom stereocenters. The molecule has 18 heavy (non-hydrogen) atoms. The largest absolute Gasteiger partial charge is 0.460 e. The van der Waals surface area contributed by atoms with Gasteiger partial charge in [-0.15, -0.1) is 8.58 Å². The molecule has 0 bridgehead atoms. The zero-order valence-electron chi connectivity index (χ0n) is 11.7. The maximum atomic E-state index is 12.2. The molecule has 0 N–H and O–H groups in total. The number of hydrogen-bond acceptors (Lipinski definition) is 2. The smallest absolute Gasteiger partial charge is 0.316 e. The second-order valence-electron chi connectivity index (χ2n) is 5.24. The van der Waals surface area contributed by atoms with Gasteiger partial charge >= 0.3 is 5.97 Å². The first-order valence-corrected chi connectivity index (χ1v) is 7.88. The Hall–Kier alpha value is -0.880. The zero-order valence-corrected chi connectivity index (χ0v) is 12.7. The number of esters is 1. The van der Waals surface area contributed by atoms with Crippen molar-refractivity contribution in [2.75, 3.05) is 6.66 Å². The van der Waals surface area contributed by atoms with Gasteiger partial charge in [0.25, 0.3) is 0 Å². The summed E-state index contributed by atoms with van der Waals surface area (Å²) >= 11 is 0. The molecule has 1 aromatic rings. The van der Waals surface area contributed by atoms with E-state index >= 15 is 0 Å². The van der Waals surface area contributed by atoms with E-state index in [0.29, 0.717) is 21.1 Å². The minimum Gasteiger partial charge on any atom is -0.460 e. The van der Waals surface area contributed by atoms with Gasteiger partial charge in [-0.05, 0) is 31.5 Å². The van der Waals surface area contributed by atoms with Gasteiger partial charge in [-0.3, -0.25) is 4.79 Å². The molecule has 0 fully saturated rings. The SMILES string of the molecule is CPC(C)(CC(C)C)C(=O)OCc1ccccc1. The minimum atomic E-state index is -0.330. The average Bonchev–Trinajstić information content (AvgIpc) is 2.36. The van der Waals surface area contributed by atoms with Crippen LogP contribution >= 0.6 is 8.58 Å². The van der Waals surface area contributed by atoms with Gasteiger partial charge in [0, 0.05) is 0 Å². The Morgan fingerprint density at radius 3 is 2.44 bits per heavy atom. The van der Waals surface area contributed by atoms with Crippen LogP contribution in [-0.2, 0) is 16.1 Å². The second-order valence-corrected chi connectivity index (χ2v) is 6.85. The Labute approximate surface area is 112 Å². The molecule has 2 unspecified atom stereocenters. The van der Waals surface area contributed by atoms with Crippen LogP contribution in [0.15, 0.2) is 30.3 Å². The number of rotatable bonds is 6. The van der Waals surface area contributed by atoms with E-state index in [-0.39, 0.29) is 11.1 Å². The van der Waals surface area contributed by atoms with Crippen molar-refractivity contribution in [2.24, 2.45) is 5.92 Å². The Morgan fingerprint density at radius 2 is 1.94 bits per heavy atom. The van der Waals surface area contributed by atoms with Crippen LogP contribution in [0, 0.1) is 5.92 Å². The number of carbonyl (C=O) groups is 1. The summed E-state index contributed by atoms with van der Waals surface area (Å²) < 4.78 is 5.45. The van der Waals surface area contributed by atoms with E-state index in [1.807, 2.05) is 37.3 Å². The van der Waals surface area contributed by atoms with E-state index in [4.69, 9.17) is 4.74 Å². The van der Waals surface area contributed by atoms with E-state index in [1.54, 1.807) is 0 Å². The highest BCUT2D eigenvalue weighted by Gasteiger charge is 2.33. The van der Waals surface area contributed by atoms with E-state index < -0.39 is 0 Å². The minimum absolute atomic E-state index is 0.0686. The summed E-state index contributed by atoms with van der Waals surface area (Å²) in [6.07, 6.45) is 0.884. The van der Waals surface area contributed by atoms with Crippen LogP contribution in [0.3, 0.4) is 0 Å². The van der Waals surface area contributed by atoms with E-state index in [2.05, 4.69) is 20.5 Å². The third-order valence-electron chi connectivity index (χ3n) is 3.03. The predicted molar refractivity (Wildman–Crippen MR) is 78.3 cm³/mol. The molecule has 0 saturated heterocycles. The van der Waals surface area contributed by atoms with Gasteiger partial charge in [-0.1, -0.05) is 44.2 Å². The molecule has 0 heterocycles. The average molecular weight is 266 g/mol. The predicted octanol–water partition coefficient (Wildman–Crippen LogP) is 3.84. The molecule has 0 amide bonds. The molecule has 0 radical (unpaired) electrons. The maximum absolute atomic E-state index is 12.2. The quantitative estimate of drug-likeness (QED) is 0.577. The van der Waals surface area contributed by atoms with Crippen LogP contribution in [0.1, 0.15) is 32.8 Å². The zero-order chi connectivity index (χ0) is 13.6. The number of hydrogen-bond donors (Lipinski definition) is 0. The highest BCUT2D eigenvalue weighted by Crippen LogP contribution is 2.36. The van der Waals surface area contributed by atoms with Gasteiger partial charge in [0.05, 0.1) is 5.16 Å². The summed E-state index contributed by atoms with van der Waals surface area (Å²) in [6, 6.07) is 9.82. The fourth-order valence-electron chi connectivity index (χ4n) is 1.99. The van der Waals surface area contributed by atoms with Gasteiger partial charge < -0.3 is 4.74 Å². The van der Waals surface area contributed by atoms with Crippen molar-refractivity contribution in [1.82, 2.24) is 0 Å². The van der Waals surface area contributed by atoms with Crippen molar-refractivity contribution >= 4 is 14.6 Å². The molecule has 0 aliphatic rings. The summed E-state index contributed by atoms with van der Waals surface area (Å²) in [4.78, 5) is 12.2. The van der Waals surface area contributed by atoms with E-state index in [9.17, 15) is 4.79 Å². The molecule has 1 aromatic carbocycles. The second kappa shape index (κ2) is 6.89. The molecule has 0 aromatic heterocycles. The number of ether oxygens (including phenoxy) is 1. The lowest BCUT2D eigenvalue weighted by Crippen LogP contribution is -2.33. The molecule has 0 aliphatic heterocycles. The van der Waals surface area contributed by atoms with Gasteiger partial charge in [-0.2, -0.15) is 0 Å². The normalized spacial score (nSPS) is 14.9. The van der Waals surface area contributed by atoms with Gasteiger partial charge in [0.15, 0.2) is 0 Å². The summed E-state index contributed by atoms with van der Waals surface area (Å²) in [6.45, 7) is 8.74. The Morgan fingerprint density at radius 1 is 1.33 bits per heavy atom. The van der Waals surface area contributed by atoms with Crippen molar-refractivity contribution in [3.05, 3.63) is 35.9 Å². The van der Waals surface area contributed by atoms with Gasteiger partial charge in [-0.25, -0.2) is 0 Å². The molecular weight excluding hydrogens is 243 g/mol. The molecule has 2 nitrogen and oxygen atoms in total. The van der Waals surface area contributed by atoms with Crippen LogP contribution < -0.4 is 0 Å². The van der Waals surface area contributed by atoms with Gasteiger partial charge in [0.2, 0.25) is 0 Å². The van der Waals surface area contributed by atoms with Gasteiger partial charge in [0.1, 0.15) is 6.61 Å². The van der Waals surface area contributed by atoms with E-state index in [1.165, 1.54) is 0 Å². The first-order valence-electron chi connectivity index (χ1n) is 6.38. The lowest BCUT2D eigenvalue weighted by Gasteiger charge is -2.27. The Balaban J connectivity index is 2.58. The fraction of sp³-hybridized carbons (Fsp3) is 0.533. The summed E-state index contributed by atoms with van der Waals surface area (Å²) in [5, 5.41) is -0.330. The van der Waals surface area contributed by atoms with E-state index in [0.717, 1.165) is 12.0 Å². The third-order valence-corrected chi connectivity index (χ3v) is 4.54. The third kappa shape index (κ3) is 4.42. The van der Waals surface area contributed by atoms with Crippen molar-refractivity contribution in [3.8, 4) is 0 Å². The summed E-state index contributed by atoms with van der Waals surface area (Å²) in [5.74, 6) is 0.438. The molecule has 100 valence electrons. The van der Waals surface area contributed by atoms with Crippen LogP contribution in [0.4, 0.5) is 0 Å². The fourth-order valence-corrected chi connectivity index (χ4v) is 2.88. The monoisotopic (exact) mass is 266 g/mol. The molecular formula is C15H23O2P. The summed E-state index contributed by atoms with van der Waals surface area (Å²) in [7, 11) is 0.568. The maximum Gasteiger partial charge on any atom is 0.316 e. The van der Waals surface area contributed by atoms with Crippen LogP contribution in [-0.4, -0.2) is 17.8 Å². The molecule has 3 heteroatoms. The van der Waals surface area contributed by atoms with Crippen LogP contribution in [0.2, 0.25) is 0 Å². The highest BCUT2D eigenvalue weighted by atomic mass is 31.1. The topological polar surface area (TPSA) is 26.3 Å². The first kappa shape index (κ1) is 15.2. The van der Waals surface area contributed by atoms with Crippen molar-refractivity contribution in [1.29, 1.82) is 0 Å². The van der Waals surface area contributed by atoms with Crippen molar-refractivity contribution in [3.63, 3.8) is 0 Å². The molecule has 0 saturated carbocycles. The molecule has 0 aliphatic carbocycles. The standard InChI is InChI=1S/C15H23O2P/c1-12(2)10-15(3,18-4)14(16)17-11-13-8-6-5-7-9-13/h5-9,12,18H,10-11H2,1-4H3. The highest BCUT2D eigenvalue weighted by molar-refractivity contribution is 7.40.